The maximum atomic E-state index is 4.39. The second-order valence-corrected chi connectivity index (χ2v) is 4.71. The highest BCUT2D eigenvalue weighted by molar-refractivity contribution is 5.87. The van der Waals surface area contributed by atoms with Crippen molar-refractivity contribution in [2.75, 3.05) is 0 Å². The van der Waals surface area contributed by atoms with Gasteiger partial charge in [0, 0.05) is 5.39 Å². The van der Waals surface area contributed by atoms with Gasteiger partial charge in [0.2, 0.25) is 0 Å². The van der Waals surface area contributed by atoms with Crippen molar-refractivity contribution in [2.24, 2.45) is 0 Å². The minimum Gasteiger partial charge on any atom is -0.236 e. The Balaban J connectivity index is 2.09. The van der Waals surface area contributed by atoms with Crippen LogP contribution in [-0.2, 0) is 0 Å². The third kappa shape index (κ3) is 1.56. The summed E-state index contributed by atoms with van der Waals surface area (Å²) in [5, 5.41) is 9.37. The molecule has 0 unspecified atom stereocenters. The van der Waals surface area contributed by atoms with Crippen molar-refractivity contribution in [3.8, 4) is 5.82 Å². The van der Waals surface area contributed by atoms with E-state index in [0.29, 0.717) is 0 Å². The van der Waals surface area contributed by atoms with Gasteiger partial charge in [0.25, 0.3) is 0 Å². The van der Waals surface area contributed by atoms with Gasteiger partial charge in [-0.25, -0.2) is 9.97 Å². The predicted molar refractivity (Wildman–Crippen MR) is 76.7 cm³/mol. The molecule has 2 heterocycles. The van der Waals surface area contributed by atoms with Crippen LogP contribution >= 0.6 is 0 Å². The van der Waals surface area contributed by atoms with Gasteiger partial charge in [0.1, 0.15) is 11.8 Å². The summed E-state index contributed by atoms with van der Waals surface area (Å²) in [5.74, 6) is 0.757. The van der Waals surface area contributed by atoms with Crippen LogP contribution in [-0.4, -0.2) is 25.0 Å². The number of hydrogen-bond donors (Lipinski definition) is 0. The Kier molecular flexibility index (Phi) is 2.26. The number of fused-ring (bicyclic) bond motifs is 2. The minimum atomic E-state index is 0.757. The van der Waals surface area contributed by atoms with Gasteiger partial charge in [0.05, 0.1) is 11.0 Å². The standard InChI is InChI=1S/C15H11N5/c1-10-6-7-12-11(8-10)15(17-9-16-12)20-14-5-3-2-4-13(14)18-19-20/h2-9H,1H3. The normalized spacial score (nSPS) is 11.2. The zero-order chi connectivity index (χ0) is 13.5. The van der Waals surface area contributed by atoms with E-state index in [4.69, 9.17) is 0 Å². The smallest absolute Gasteiger partial charge is 0.167 e. The van der Waals surface area contributed by atoms with E-state index in [9.17, 15) is 0 Å². The second kappa shape index (κ2) is 4.09. The van der Waals surface area contributed by atoms with Crippen LogP contribution < -0.4 is 0 Å². The van der Waals surface area contributed by atoms with Crippen molar-refractivity contribution in [3.05, 3.63) is 54.4 Å². The molecule has 0 saturated heterocycles. The maximum absolute atomic E-state index is 4.39. The monoisotopic (exact) mass is 261 g/mol. The zero-order valence-corrected chi connectivity index (χ0v) is 10.9. The Labute approximate surface area is 114 Å². The van der Waals surface area contributed by atoms with E-state index < -0.39 is 0 Å². The highest BCUT2D eigenvalue weighted by Crippen LogP contribution is 2.22. The number of aryl methyl sites for hydroxylation is 1. The largest absolute Gasteiger partial charge is 0.236 e. The molecule has 2 aromatic heterocycles. The first-order chi connectivity index (χ1) is 9.83. The average Bonchev–Trinajstić information content (AvgIpc) is 2.90. The van der Waals surface area contributed by atoms with E-state index >= 15 is 0 Å². The second-order valence-electron chi connectivity index (χ2n) is 4.71. The molecular formula is C15H11N5. The summed E-state index contributed by atoms with van der Waals surface area (Å²) in [7, 11) is 0. The van der Waals surface area contributed by atoms with Gasteiger partial charge in [0.15, 0.2) is 5.82 Å². The molecule has 2 aromatic carbocycles. The van der Waals surface area contributed by atoms with Gasteiger partial charge in [-0.2, -0.15) is 4.68 Å². The Morgan fingerprint density at radius 1 is 0.950 bits per heavy atom. The molecule has 4 aromatic rings. The Bertz CT molecular complexity index is 926. The van der Waals surface area contributed by atoms with Crippen LogP contribution in [0.3, 0.4) is 0 Å². The van der Waals surface area contributed by atoms with Crippen LogP contribution in [0.1, 0.15) is 5.56 Å². The average molecular weight is 261 g/mol. The van der Waals surface area contributed by atoms with Crippen molar-refractivity contribution in [1.82, 2.24) is 25.0 Å². The number of para-hydroxylation sites is 1. The highest BCUT2D eigenvalue weighted by atomic mass is 15.4. The summed E-state index contributed by atoms with van der Waals surface area (Å²) in [6, 6.07) is 13.9. The summed E-state index contributed by atoms with van der Waals surface area (Å²) in [5.41, 5.74) is 3.86. The zero-order valence-electron chi connectivity index (χ0n) is 10.9. The highest BCUT2D eigenvalue weighted by Gasteiger charge is 2.11. The molecule has 0 aliphatic rings. The van der Waals surface area contributed by atoms with Crippen LogP contribution in [0.5, 0.6) is 0 Å². The Morgan fingerprint density at radius 2 is 1.85 bits per heavy atom. The molecule has 4 rings (SSSR count). The van der Waals surface area contributed by atoms with Crippen LogP contribution in [0.2, 0.25) is 0 Å². The first-order valence-electron chi connectivity index (χ1n) is 6.35. The quantitative estimate of drug-likeness (QED) is 0.528. The van der Waals surface area contributed by atoms with E-state index in [1.807, 2.05) is 36.4 Å². The lowest BCUT2D eigenvalue weighted by molar-refractivity contribution is 0.805. The van der Waals surface area contributed by atoms with Crippen LogP contribution in [0.25, 0.3) is 27.8 Å². The summed E-state index contributed by atoms with van der Waals surface area (Å²) < 4.78 is 1.76. The lowest BCUT2D eigenvalue weighted by Crippen LogP contribution is -2.01. The Hall–Kier alpha value is -2.82. The fourth-order valence-electron chi connectivity index (χ4n) is 2.35. The van der Waals surface area contributed by atoms with Crippen molar-refractivity contribution in [1.29, 1.82) is 0 Å². The summed E-state index contributed by atoms with van der Waals surface area (Å²) in [4.78, 5) is 8.69. The van der Waals surface area contributed by atoms with Crippen LogP contribution in [0, 0.1) is 6.92 Å². The lowest BCUT2D eigenvalue weighted by Gasteiger charge is -2.05. The summed E-state index contributed by atoms with van der Waals surface area (Å²) in [6.45, 7) is 2.05. The first-order valence-corrected chi connectivity index (χ1v) is 6.35. The van der Waals surface area contributed by atoms with Crippen molar-refractivity contribution < 1.29 is 0 Å². The van der Waals surface area contributed by atoms with E-state index in [0.717, 1.165) is 33.3 Å². The van der Waals surface area contributed by atoms with E-state index in [-0.39, 0.29) is 0 Å². The van der Waals surface area contributed by atoms with Crippen molar-refractivity contribution in [2.45, 2.75) is 6.92 Å². The fourth-order valence-corrected chi connectivity index (χ4v) is 2.35. The molecule has 0 spiro atoms. The first kappa shape index (κ1) is 11.0. The van der Waals surface area contributed by atoms with Crippen molar-refractivity contribution >= 4 is 21.9 Å². The topological polar surface area (TPSA) is 56.5 Å². The number of benzene rings is 2. The molecule has 0 fully saturated rings. The van der Waals surface area contributed by atoms with Crippen LogP contribution in [0.15, 0.2) is 48.8 Å². The predicted octanol–water partition coefficient (Wildman–Crippen LogP) is 2.67. The molecule has 5 heteroatoms. The van der Waals surface area contributed by atoms with Gasteiger partial charge in [-0.15, -0.1) is 5.10 Å². The summed E-state index contributed by atoms with van der Waals surface area (Å²) in [6.07, 6.45) is 1.56. The van der Waals surface area contributed by atoms with E-state index in [1.54, 1.807) is 11.0 Å². The van der Waals surface area contributed by atoms with Gasteiger partial charge in [-0.3, -0.25) is 0 Å². The minimum absolute atomic E-state index is 0.757. The summed E-state index contributed by atoms with van der Waals surface area (Å²) >= 11 is 0. The third-order valence-electron chi connectivity index (χ3n) is 3.32. The number of aromatic nitrogens is 5. The molecule has 0 amide bonds. The molecule has 20 heavy (non-hydrogen) atoms. The van der Waals surface area contributed by atoms with E-state index in [2.05, 4.69) is 33.3 Å². The van der Waals surface area contributed by atoms with Gasteiger partial charge >= 0.3 is 0 Å². The number of rotatable bonds is 1. The molecule has 5 nitrogen and oxygen atoms in total. The fraction of sp³-hybridized carbons (Fsp3) is 0.0667. The van der Waals surface area contributed by atoms with E-state index in [1.165, 1.54) is 0 Å². The SMILES string of the molecule is Cc1ccc2ncnc(-n3nnc4ccccc43)c2c1. The maximum Gasteiger partial charge on any atom is 0.167 e. The van der Waals surface area contributed by atoms with Gasteiger partial charge < -0.3 is 0 Å². The molecule has 0 radical (unpaired) electrons. The molecule has 0 aliphatic heterocycles. The van der Waals surface area contributed by atoms with Crippen LogP contribution in [0.4, 0.5) is 0 Å². The van der Waals surface area contributed by atoms with Crippen molar-refractivity contribution in [3.63, 3.8) is 0 Å². The molecule has 0 aliphatic carbocycles. The molecule has 96 valence electrons. The Morgan fingerprint density at radius 3 is 2.80 bits per heavy atom. The molecule has 0 bridgehead atoms. The number of hydrogen-bond acceptors (Lipinski definition) is 4. The van der Waals surface area contributed by atoms with Gasteiger partial charge in [-0.05, 0) is 31.2 Å². The molecule has 0 N–H and O–H groups in total. The molecule has 0 saturated carbocycles. The molecule has 0 atom stereocenters. The number of nitrogens with zero attached hydrogens (tertiary/aromatic N) is 5. The van der Waals surface area contributed by atoms with Gasteiger partial charge in [-0.1, -0.05) is 29.0 Å². The molecular weight excluding hydrogens is 250 g/mol. The lowest BCUT2D eigenvalue weighted by atomic mass is 10.1. The third-order valence-corrected chi connectivity index (χ3v) is 3.32.